The maximum atomic E-state index is 6.43. The van der Waals surface area contributed by atoms with Crippen LogP contribution in [0.1, 0.15) is 92.3 Å². The van der Waals surface area contributed by atoms with E-state index in [4.69, 9.17) is 4.74 Å². The molecule has 1 atom stereocenters. The van der Waals surface area contributed by atoms with Crippen molar-refractivity contribution in [1.29, 1.82) is 0 Å². The minimum Gasteiger partial charge on any atom is -0.488 e. The second-order valence-electron chi connectivity index (χ2n) is 16.8. The minimum atomic E-state index is -0.383. The van der Waals surface area contributed by atoms with Crippen LogP contribution in [-0.4, -0.2) is 5.60 Å². The molecule has 0 aromatic heterocycles. The highest BCUT2D eigenvalue weighted by molar-refractivity contribution is 9.10. The normalized spacial score (nSPS) is 17.6. The second kappa shape index (κ2) is 12.7. The van der Waals surface area contributed by atoms with Crippen molar-refractivity contribution in [3.05, 3.63) is 148 Å². The molecule has 0 radical (unpaired) electrons. The van der Waals surface area contributed by atoms with Crippen molar-refractivity contribution in [1.82, 2.24) is 0 Å². The van der Waals surface area contributed by atoms with Gasteiger partial charge in [0.1, 0.15) is 11.9 Å². The molecule has 4 heteroatoms. The molecule has 1 heterocycles. The van der Waals surface area contributed by atoms with E-state index >= 15 is 0 Å². The van der Waals surface area contributed by atoms with Gasteiger partial charge in [0.05, 0.1) is 11.4 Å². The number of hydrogen-bond donors (Lipinski definition) is 0. The van der Waals surface area contributed by atoms with Gasteiger partial charge < -0.3 is 14.5 Å². The van der Waals surface area contributed by atoms with E-state index in [1.54, 1.807) is 0 Å². The lowest BCUT2D eigenvalue weighted by Crippen LogP contribution is -2.29. The largest absolute Gasteiger partial charge is 0.488 e. The zero-order chi connectivity index (χ0) is 35.4. The van der Waals surface area contributed by atoms with Gasteiger partial charge in [0, 0.05) is 39.2 Å². The molecule has 4 aromatic rings. The van der Waals surface area contributed by atoms with Crippen molar-refractivity contribution >= 4 is 44.4 Å². The summed E-state index contributed by atoms with van der Waals surface area (Å²) in [5.41, 5.74) is 11.4. The Balaban J connectivity index is 1.52. The minimum absolute atomic E-state index is 0.0394. The molecule has 1 aliphatic carbocycles. The van der Waals surface area contributed by atoms with Crippen molar-refractivity contribution < 1.29 is 4.74 Å². The number of allylic oxidation sites excluding steroid dienone is 2. The first kappa shape index (κ1) is 34.8. The third-order valence-corrected chi connectivity index (χ3v) is 10.4. The fourth-order valence-corrected chi connectivity index (χ4v) is 7.19. The quantitative estimate of drug-likeness (QED) is 0.198. The summed E-state index contributed by atoms with van der Waals surface area (Å²) in [4.78, 5) is 4.71. The van der Waals surface area contributed by atoms with Gasteiger partial charge in [-0.2, -0.15) is 0 Å². The fraction of sp³-hybridized carbons (Fsp3) is 0.333. The van der Waals surface area contributed by atoms with Gasteiger partial charge in [0.2, 0.25) is 0 Å². The lowest BCUT2D eigenvalue weighted by molar-refractivity contribution is 0.0960. The Hall–Kier alpha value is -4.02. The number of fused-ring (bicyclic) bond motifs is 1. The molecular weight excluding hydrogens is 664 g/mol. The number of nitrogens with zero attached hydrogens (tertiary/aromatic N) is 2. The smallest absolute Gasteiger partial charge is 0.136 e. The third kappa shape index (κ3) is 7.03. The van der Waals surface area contributed by atoms with E-state index in [0.717, 1.165) is 45.0 Å². The van der Waals surface area contributed by atoms with Crippen LogP contribution >= 0.6 is 15.9 Å². The summed E-state index contributed by atoms with van der Waals surface area (Å²) in [6.07, 6.45) is 9.34. The van der Waals surface area contributed by atoms with Crippen LogP contribution in [0.25, 0.3) is 0 Å². The number of benzene rings is 4. The molecule has 1 aliphatic heterocycles. The Labute approximate surface area is 303 Å². The van der Waals surface area contributed by atoms with E-state index in [1.165, 1.54) is 22.3 Å². The van der Waals surface area contributed by atoms with Crippen LogP contribution in [0.2, 0.25) is 0 Å². The highest BCUT2D eigenvalue weighted by Gasteiger charge is 2.40. The van der Waals surface area contributed by atoms with Crippen LogP contribution in [0, 0.1) is 0 Å². The summed E-state index contributed by atoms with van der Waals surface area (Å²) in [7, 11) is 0. The Morgan fingerprint density at radius 2 is 1.12 bits per heavy atom. The molecule has 2 aliphatic rings. The molecule has 0 fully saturated rings. The van der Waals surface area contributed by atoms with E-state index in [1.807, 2.05) is 6.26 Å². The molecule has 0 spiro atoms. The van der Waals surface area contributed by atoms with Gasteiger partial charge in [0.15, 0.2) is 0 Å². The van der Waals surface area contributed by atoms with Gasteiger partial charge in [0.25, 0.3) is 0 Å². The molecule has 0 amide bonds. The average molecular weight is 716 g/mol. The Morgan fingerprint density at radius 3 is 1.65 bits per heavy atom. The SMILES string of the molecule is CC12CC=CC=C1C(N(c1ccc(C(C)(C)C)cc1)c1cccc(N(c3ccc(C(C)(C)C)cc3)c3ccc(C(C)(C)C)cc3Br)c1)=CO2. The molecule has 0 saturated carbocycles. The first-order chi connectivity index (χ1) is 23.0. The number of hydrogen-bond acceptors (Lipinski definition) is 3. The Kier molecular flexibility index (Phi) is 9.03. The first-order valence-corrected chi connectivity index (χ1v) is 18.2. The maximum absolute atomic E-state index is 6.43. The summed E-state index contributed by atoms with van der Waals surface area (Å²) in [5.74, 6) is 0. The number of anilines is 5. The van der Waals surface area contributed by atoms with E-state index in [9.17, 15) is 0 Å². The Morgan fingerprint density at radius 1 is 0.612 bits per heavy atom. The molecule has 0 N–H and O–H groups in total. The molecule has 6 rings (SSSR count). The molecule has 0 bridgehead atoms. The highest BCUT2D eigenvalue weighted by Crippen LogP contribution is 2.47. The summed E-state index contributed by atoms with van der Waals surface area (Å²) in [5, 5.41) is 0. The van der Waals surface area contributed by atoms with Crippen molar-refractivity contribution in [3.8, 4) is 0 Å². The second-order valence-corrected chi connectivity index (χ2v) is 17.6. The predicted molar refractivity (Wildman–Crippen MR) is 213 cm³/mol. The van der Waals surface area contributed by atoms with E-state index in [0.29, 0.717) is 0 Å². The lowest BCUT2D eigenvalue weighted by atomic mass is 9.86. The number of rotatable bonds is 6. The molecule has 3 nitrogen and oxygen atoms in total. The maximum Gasteiger partial charge on any atom is 0.136 e. The fourth-order valence-electron chi connectivity index (χ4n) is 6.64. The van der Waals surface area contributed by atoms with Crippen LogP contribution < -0.4 is 9.80 Å². The summed E-state index contributed by atoms with van der Waals surface area (Å²) < 4.78 is 7.49. The summed E-state index contributed by atoms with van der Waals surface area (Å²) in [6, 6.07) is 33.7. The van der Waals surface area contributed by atoms with Gasteiger partial charge in [-0.3, -0.25) is 0 Å². The number of halogens is 1. The van der Waals surface area contributed by atoms with Crippen LogP contribution in [0.3, 0.4) is 0 Å². The predicted octanol–water partition coefficient (Wildman–Crippen LogP) is 13.5. The van der Waals surface area contributed by atoms with Crippen LogP contribution in [0.15, 0.2) is 131 Å². The van der Waals surface area contributed by atoms with Crippen LogP contribution in [0.5, 0.6) is 0 Å². The monoisotopic (exact) mass is 714 g/mol. The van der Waals surface area contributed by atoms with Gasteiger partial charge >= 0.3 is 0 Å². The molecule has 0 saturated heterocycles. The zero-order valence-corrected chi connectivity index (χ0v) is 32.4. The molecular formula is C45H51BrN2O. The first-order valence-electron chi connectivity index (χ1n) is 17.4. The molecule has 1 unspecified atom stereocenters. The van der Waals surface area contributed by atoms with Gasteiger partial charge in [-0.15, -0.1) is 0 Å². The lowest BCUT2D eigenvalue weighted by Gasteiger charge is -2.33. The zero-order valence-electron chi connectivity index (χ0n) is 30.9. The van der Waals surface area contributed by atoms with Gasteiger partial charge in [-0.05, 0) is 110 Å². The van der Waals surface area contributed by atoms with Crippen molar-refractivity contribution in [2.45, 2.75) is 97.5 Å². The van der Waals surface area contributed by atoms with Gasteiger partial charge in [-0.25, -0.2) is 0 Å². The standard InChI is InChI=1S/C45H51BrN2O/c1-42(2,3)31-17-22-34(23-18-31)47(40-26-21-33(28-39(40)46)44(7,8)9)36-14-13-15-37(29-36)48(35-24-19-32(20-25-35)43(4,5)6)41-30-49-45(10)27-12-11-16-38(41)45/h11-26,28-30H,27H2,1-10H3. The van der Waals surface area contributed by atoms with Gasteiger partial charge in [-0.1, -0.05) is 117 Å². The van der Waals surface area contributed by atoms with Crippen LogP contribution in [0.4, 0.5) is 28.4 Å². The molecule has 49 heavy (non-hydrogen) atoms. The third-order valence-electron chi connectivity index (χ3n) is 9.81. The average Bonchev–Trinajstić information content (AvgIpc) is 3.38. The van der Waals surface area contributed by atoms with E-state index < -0.39 is 0 Å². The highest BCUT2D eigenvalue weighted by atomic mass is 79.9. The summed E-state index contributed by atoms with van der Waals surface area (Å²) in [6.45, 7) is 22.5. The van der Waals surface area contributed by atoms with Crippen molar-refractivity contribution in [2.75, 3.05) is 9.80 Å². The van der Waals surface area contributed by atoms with E-state index in [-0.39, 0.29) is 21.8 Å². The van der Waals surface area contributed by atoms with Crippen LogP contribution in [-0.2, 0) is 21.0 Å². The van der Waals surface area contributed by atoms with E-state index in [2.05, 4.69) is 204 Å². The topological polar surface area (TPSA) is 15.7 Å². The molecule has 4 aromatic carbocycles. The van der Waals surface area contributed by atoms with Crippen molar-refractivity contribution in [3.63, 3.8) is 0 Å². The number of ether oxygens (including phenoxy) is 1. The molecule has 254 valence electrons. The summed E-state index contributed by atoms with van der Waals surface area (Å²) >= 11 is 3.99. The van der Waals surface area contributed by atoms with Crippen molar-refractivity contribution in [2.24, 2.45) is 0 Å². The Bertz CT molecular complexity index is 1930.